The van der Waals surface area contributed by atoms with Crippen LogP contribution in [0.5, 0.6) is 5.75 Å². The molecule has 1 N–H and O–H groups in total. The van der Waals surface area contributed by atoms with Crippen LogP contribution in [0.4, 0.5) is 5.13 Å². The summed E-state index contributed by atoms with van der Waals surface area (Å²) in [6, 6.07) is 11.2. The molecule has 0 bridgehead atoms. The first kappa shape index (κ1) is 17.2. The molecule has 4 aromatic rings. The van der Waals surface area contributed by atoms with Crippen molar-refractivity contribution < 1.29 is 9.53 Å². The van der Waals surface area contributed by atoms with Gasteiger partial charge in [0.2, 0.25) is 0 Å². The van der Waals surface area contributed by atoms with Crippen LogP contribution in [0, 0.1) is 0 Å². The second-order valence-electron chi connectivity index (χ2n) is 5.77. The Balaban J connectivity index is 1.63. The number of aromatic nitrogens is 4. The van der Waals surface area contributed by atoms with Crippen LogP contribution in [-0.4, -0.2) is 32.8 Å². The predicted octanol–water partition coefficient (Wildman–Crippen LogP) is 3.70. The largest absolute Gasteiger partial charge is 0.497 e. The maximum Gasteiger partial charge on any atom is 0.260 e. The Morgan fingerprint density at radius 1 is 1.30 bits per heavy atom. The van der Waals surface area contributed by atoms with E-state index in [-0.39, 0.29) is 5.91 Å². The maximum atomic E-state index is 12.8. The number of carbonyl (C=O) groups excluding carboxylic acids is 1. The number of nitrogens with one attached hydrogen (secondary N) is 1. The molecular weight excluding hydrogens is 362 g/mol. The van der Waals surface area contributed by atoms with E-state index in [1.807, 2.05) is 43.3 Å². The van der Waals surface area contributed by atoms with Crippen molar-refractivity contribution in [3.63, 3.8) is 0 Å². The smallest absolute Gasteiger partial charge is 0.260 e. The number of ether oxygens (including phenoxy) is 1. The Hall–Kier alpha value is -3.26. The van der Waals surface area contributed by atoms with Crippen LogP contribution in [0.3, 0.4) is 0 Å². The van der Waals surface area contributed by atoms with Crippen molar-refractivity contribution in [2.24, 2.45) is 0 Å². The molecule has 0 unspecified atom stereocenters. The first-order valence-corrected chi connectivity index (χ1v) is 9.25. The summed E-state index contributed by atoms with van der Waals surface area (Å²) in [5.74, 6) is 1.20. The number of rotatable bonds is 5. The van der Waals surface area contributed by atoms with Gasteiger partial charge in [0, 0.05) is 6.20 Å². The van der Waals surface area contributed by atoms with Crippen molar-refractivity contribution in [3.05, 3.63) is 60.0 Å². The zero-order valence-electron chi connectivity index (χ0n) is 14.8. The molecule has 3 heterocycles. The molecule has 0 saturated carbocycles. The first-order valence-electron chi connectivity index (χ1n) is 8.44. The number of thiazole rings is 1. The molecule has 0 aliphatic rings. The zero-order valence-corrected chi connectivity index (χ0v) is 15.7. The number of hydrogen-bond acceptors (Lipinski definition) is 6. The van der Waals surface area contributed by atoms with E-state index >= 15 is 0 Å². The highest BCUT2D eigenvalue weighted by Crippen LogP contribution is 2.29. The number of fused-ring (bicyclic) bond motifs is 1. The number of pyridine rings is 1. The molecule has 4 rings (SSSR count). The van der Waals surface area contributed by atoms with E-state index in [0.29, 0.717) is 22.9 Å². The van der Waals surface area contributed by atoms with Gasteiger partial charge in [-0.3, -0.25) is 10.1 Å². The van der Waals surface area contributed by atoms with Crippen LogP contribution in [0.15, 0.2) is 48.8 Å². The summed E-state index contributed by atoms with van der Waals surface area (Å²) in [4.78, 5) is 21.6. The lowest BCUT2D eigenvalue weighted by atomic mass is 10.2. The lowest BCUT2D eigenvalue weighted by Gasteiger charge is -2.06. The molecule has 1 aromatic carbocycles. The third-order valence-corrected chi connectivity index (χ3v) is 5.06. The van der Waals surface area contributed by atoms with Crippen molar-refractivity contribution in [3.8, 4) is 11.6 Å². The van der Waals surface area contributed by atoms with Gasteiger partial charge in [0.1, 0.15) is 5.75 Å². The van der Waals surface area contributed by atoms with Crippen LogP contribution in [-0.2, 0) is 6.42 Å². The highest BCUT2D eigenvalue weighted by Gasteiger charge is 2.19. The number of methoxy groups -OCH3 is 1. The minimum Gasteiger partial charge on any atom is -0.497 e. The van der Waals surface area contributed by atoms with E-state index in [1.165, 1.54) is 11.3 Å². The fraction of sp³-hybridized carbons (Fsp3) is 0.158. The second-order valence-corrected chi connectivity index (χ2v) is 6.80. The van der Waals surface area contributed by atoms with Gasteiger partial charge in [0.05, 0.1) is 34.8 Å². The third-order valence-electron chi connectivity index (χ3n) is 4.13. The SMILES string of the molecule is CCc1c(C(=O)Nc2nc3ccc(OC)cc3s2)cnn1-c1ccccn1. The van der Waals surface area contributed by atoms with Gasteiger partial charge in [-0.25, -0.2) is 14.6 Å². The van der Waals surface area contributed by atoms with Crippen molar-refractivity contribution in [2.75, 3.05) is 12.4 Å². The van der Waals surface area contributed by atoms with E-state index < -0.39 is 0 Å². The predicted molar refractivity (Wildman–Crippen MR) is 105 cm³/mol. The molecule has 0 saturated heterocycles. The third kappa shape index (κ3) is 3.26. The summed E-state index contributed by atoms with van der Waals surface area (Å²) < 4.78 is 7.87. The maximum absolute atomic E-state index is 12.8. The monoisotopic (exact) mass is 379 g/mol. The molecule has 1 amide bonds. The number of carbonyl (C=O) groups is 1. The topological polar surface area (TPSA) is 81.9 Å². The Labute approximate surface area is 159 Å². The Morgan fingerprint density at radius 2 is 2.19 bits per heavy atom. The fourth-order valence-corrected chi connectivity index (χ4v) is 3.72. The van der Waals surface area contributed by atoms with Gasteiger partial charge in [-0.2, -0.15) is 5.10 Å². The summed E-state index contributed by atoms with van der Waals surface area (Å²) in [6.45, 7) is 1.98. The summed E-state index contributed by atoms with van der Waals surface area (Å²) in [7, 11) is 1.62. The van der Waals surface area contributed by atoms with Gasteiger partial charge in [0.15, 0.2) is 10.9 Å². The van der Waals surface area contributed by atoms with E-state index in [2.05, 4.69) is 20.4 Å². The van der Waals surface area contributed by atoms with E-state index in [9.17, 15) is 4.79 Å². The zero-order chi connectivity index (χ0) is 18.8. The molecule has 3 aromatic heterocycles. The van der Waals surface area contributed by atoms with E-state index in [0.717, 1.165) is 21.7 Å². The molecule has 7 nitrogen and oxygen atoms in total. The lowest BCUT2D eigenvalue weighted by molar-refractivity contribution is 0.102. The van der Waals surface area contributed by atoms with Crippen LogP contribution in [0.2, 0.25) is 0 Å². The lowest BCUT2D eigenvalue weighted by Crippen LogP contribution is -2.14. The minimum absolute atomic E-state index is 0.236. The Kier molecular flexibility index (Phi) is 4.55. The van der Waals surface area contributed by atoms with Gasteiger partial charge in [-0.05, 0) is 36.8 Å². The number of anilines is 1. The molecule has 0 spiro atoms. The van der Waals surface area contributed by atoms with Crippen LogP contribution in [0.1, 0.15) is 23.0 Å². The molecule has 0 radical (unpaired) electrons. The van der Waals surface area contributed by atoms with Crippen molar-refractivity contribution in [1.29, 1.82) is 0 Å². The Morgan fingerprint density at radius 3 is 2.93 bits per heavy atom. The minimum atomic E-state index is -0.236. The summed E-state index contributed by atoms with van der Waals surface area (Å²) in [6.07, 6.45) is 3.92. The van der Waals surface area contributed by atoms with E-state index in [4.69, 9.17) is 4.74 Å². The standard InChI is InChI=1S/C19H17N5O2S/c1-3-15-13(11-21-24(15)17-6-4-5-9-20-17)18(25)23-19-22-14-8-7-12(26-2)10-16(14)27-19/h4-11H,3H2,1-2H3,(H,22,23,25). The van der Waals surface area contributed by atoms with Gasteiger partial charge >= 0.3 is 0 Å². The average molecular weight is 379 g/mol. The highest BCUT2D eigenvalue weighted by molar-refractivity contribution is 7.22. The molecule has 0 fully saturated rings. The molecular formula is C19H17N5O2S. The number of amides is 1. The number of benzene rings is 1. The summed E-state index contributed by atoms with van der Waals surface area (Å²) in [5, 5.41) is 7.76. The fourth-order valence-electron chi connectivity index (χ4n) is 2.83. The van der Waals surface area contributed by atoms with E-state index in [1.54, 1.807) is 24.2 Å². The van der Waals surface area contributed by atoms with Gasteiger partial charge < -0.3 is 4.74 Å². The molecule has 136 valence electrons. The van der Waals surface area contributed by atoms with Gasteiger partial charge in [-0.15, -0.1) is 0 Å². The first-order chi connectivity index (χ1) is 13.2. The van der Waals surface area contributed by atoms with Crippen LogP contribution < -0.4 is 10.1 Å². The van der Waals surface area contributed by atoms with Crippen LogP contribution >= 0.6 is 11.3 Å². The molecule has 0 atom stereocenters. The molecule has 0 aliphatic carbocycles. The van der Waals surface area contributed by atoms with Crippen molar-refractivity contribution in [2.45, 2.75) is 13.3 Å². The Bertz CT molecular complexity index is 1100. The average Bonchev–Trinajstić information content (AvgIpc) is 3.31. The van der Waals surface area contributed by atoms with Crippen molar-refractivity contribution >= 4 is 32.6 Å². The quantitative estimate of drug-likeness (QED) is 0.572. The number of hydrogen-bond donors (Lipinski definition) is 1. The highest BCUT2D eigenvalue weighted by atomic mass is 32.1. The molecule has 0 aliphatic heterocycles. The molecule has 27 heavy (non-hydrogen) atoms. The molecule has 8 heteroatoms. The van der Waals surface area contributed by atoms with Crippen LogP contribution in [0.25, 0.3) is 16.0 Å². The van der Waals surface area contributed by atoms with Gasteiger partial charge in [0.25, 0.3) is 5.91 Å². The summed E-state index contributed by atoms with van der Waals surface area (Å²) >= 11 is 1.40. The summed E-state index contributed by atoms with van der Waals surface area (Å²) in [5.41, 5.74) is 2.13. The second kappa shape index (κ2) is 7.16. The number of nitrogens with zero attached hydrogens (tertiary/aromatic N) is 4. The normalized spacial score (nSPS) is 10.9. The van der Waals surface area contributed by atoms with Crippen molar-refractivity contribution in [1.82, 2.24) is 19.7 Å². The van der Waals surface area contributed by atoms with Gasteiger partial charge in [-0.1, -0.05) is 24.3 Å².